The molecule has 1 N–H and O–H groups in total. The van der Waals surface area contributed by atoms with Crippen molar-refractivity contribution in [3.05, 3.63) is 95.7 Å². The first kappa shape index (κ1) is 24.0. The zero-order valence-electron chi connectivity index (χ0n) is 20.4. The van der Waals surface area contributed by atoms with Gasteiger partial charge in [0.05, 0.1) is 23.4 Å². The van der Waals surface area contributed by atoms with Crippen LogP contribution in [0.15, 0.2) is 78.9 Å². The fraction of sp³-hybridized carbons (Fsp3) is 0.207. The molecule has 6 heteroatoms. The summed E-state index contributed by atoms with van der Waals surface area (Å²) in [6.07, 6.45) is 0.306. The maximum atomic E-state index is 12.5. The largest absolute Gasteiger partial charge is 0.407 e. The first-order chi connectivity index (χ1) is 16.8. The number of hydrogen-bond acceptors (Lipinski definition) is 4. The zero-order valence-corrected chi connectivity index (χ0v) is 20.4. The number of ether oxygens (including phenoxy) is 1. The molecule has 0 fully saturated rings. The highest BCUT2D eigenvalue weighted by atomic mass is 16.5. The number of nitrogens with one attached hydrogen (secondary N) is 1. The first-order valence-electron chi connectivity index (χ1n) is 11.6. The fourth-order valence-corrected chi connectivity index (χ4v) is 3.97. The summed E-state index contributed by atoms with van der Waals surface area (Å²) in [7, 11) is 0. The van der Waals surface area contributed by atoms with Gasteiger partial charge in [-0.05, 0) is 53.8 Å². The Balaban J connectivity index is 1.69. The number of hydrogen-bond donors (Lipinski definition) is 1. The van der Waals surface area contributed by atoms with E-state index in [-0.39, 0.29) is 11.8 Å². The molecule has 35 heavy (non-hydrogen) atoms. The average molecular weight is 468 g/mol. The van der Waals surface area contributed by atoms with E-state index in [1.807, 2.05) is 85.8 Å². The number of aromatic nitrogens is 2. The number of carbonyl (C=O) groups is 2. The van der Waals surface area contributed by atoms with Crippen LogP contribution in [-0.4, -0.2) is 21.7 Å². The van der Waals surface area contributed by atoms with Gasteiger partial charge >= 0.3 is 5.97 Å². The lowest BCUT2D eigenvalue weighted by Gasteiger charge is -2.11. The molecule has 0 saturated carbocycles. The second kappa shape index (κ2) is 10.4. The molecular weight excluding hydrogens is 438 g/mol. The van der Waals surface area contributed by atoms with Crippen LogP contribution < -0.4 is 10.1 Å². The third kappa shape index (κ3) is 5.66. The summed E-state index contributed by atoms with van der Waals surface area (Å²) >= 11 is 0. The summed E-state index contributed by atoms with van der Waals surface area (Å²) in [5.41, 5.74) is 5.99. The van der Waals surface area contributed by atoms with Gasteiger partial charge in [-0.1, -0.05) is 68.4 Å². The van der Waals surface area contributed by atoms with E-state index in [0.717, 1.165) is 33.6 Å². The molecule has 0 saturated heterocycles. The van der Waals surface area contributed by atoms with Crippen molar-refractivity contribution in [1.29, 1.82) is 0 Å². The molecule has 0 aliphatic heterocycles. The third-order valence-corrected chi connectivity index (χ3v) is 5.57. The highest BCUT2D eigenvalue weighted by molar-refractivity contribution is 5.92. The molecule has 4 aromatic rings. The van der Waals surface area contributed by atoms with Gasteiger partial charge in [0.1, 0.15) is 0 Å². The number of aryl methyl sites for hydroxylation is 1. The number of esters is 1. The van der Waals surface area contributed by atoms with E-state index in [1.165, 1.54) is 6.92 Å². The maximum absolute atomic E-state index is 12.5. The molecular formula is C29H29N3O3. The number of anilines is 1. The fourth-order valence-electron chi connectivity index (χ4n) is 3.97. The quantitative estimate of drug-likeness (QED) is 0.335. The number of rotatable bonds is 7. The zero-order chi connectivity index (χ0) is 24.9. The first-order valence-corrected chi connectivity index (χ1v) is 11.6. The molecule has 0 unspecified atom stereocenters. The molecule has 0 radical (unpaired) electrons. The van der Waals surface area contributed by atoms with Crippen molar-refractivity contribution in [2.45, 2.75) is 40.0 Å². The molecule has 0 bridgehead atoms. The Kier molecular flexibility index (Phi) is 7.11. The van der Waals surface area contributed by atoms with Crippen LogP contribution in [-0.2, 0) is 16.0 Å². The number of carbonyl (C=O) groups excluding carboxylic acids is 2. The van der Waals surface area contributed by atoms with Crippen molar-refractivity contribution in [1.82, 2.24) is 9.78 Å². The minimum absolute atomic E-state index is 0.0836. The van der Waals surface area contributed by atoms with Gasteiger partial charge < -0.3 is 10.1 Å². The minimum Gasteiger partial charge on any atom is -0.407 e. The topological polar surface area (TPSA) is 73.2 Å². The van der Waals surface area contributed by atoms with Crippen LogP contribution in [0.3, 0.4) is 0 Å². The lowest BCUT2D eigenvalue weighted by molar-refractivity contribution is -0.132. The third-order valence-electron chi connectivity index (χ3n) is 5.57. The smallest absolute Gasteiger partial charge is 0.309 e. The number of benzene rings is 3. The van der Waals surface area contributed by atoms with Crippen LogP contribution in [0.25, 0.3) is 16.8 Å². The Morgan fingerprint density at radius 3 is 2.31 bits per heavy atom. The van der Waals surface area contributed by atoms with Crippen LogP contribution in [0.1, 0.15) is 43.5 Å². The average Bonchev–Trinajstić information content (AvgIpc) is 3.19. The van der Waals surface area contributed by atoms with Gasteiger partial charge in [0.2, 0.25) is 11.8 Å². The van der Waals surface area contributed by atoms with Gasteiger partial charge in [0.15, 0.2) is 0 Å². The molecule has 6 nitrogen and oxygen atoms in total. The Bertz CT molecular complexity index is 1340. The molecule has 3 aromatic carbocycles. The summed E-state index contributed by atoms with van der Waals surface area (Å²) < 4.78 is 7.40. The van der Waals surface area contributed by atoms with Crippen LogP contribution in [0.2, 0.25) is 0 Å². The van der Waals surface area contributed by atoms with Crippen molar-refractivity contribution in [2.75, 3.05) is 5.32 Å². The summed E-state index contributed by atoms with van der Waals surface area (Å²) in [6, 6.07) is 25.0. The van der Waals surface area contributed by atoms with Crippen molar-refractivity contribution in [3.63, 3.8) is 0 Å². The van der Waals surface area contributed by atoms with Gasteiger partial charge in [-0.2, -0.15) is 9.78 Å². The van der Waals surface area contributed by atoms with Gasteiger partial charge in [-0.3, -0.25) is 9.59 Å². The summed E-state index contributed by atoms with van der Waals surface area (Å²) in [6.45, 7) is 7.51. The predicted molar refractivity (Wildman–Crippen MR) is 138 cm³/mol. The van der Waals surface area contributed by atoms with Crippen molar-refractivity contribution >= 4 is 17.6 Å². The van der Waals surface area contributed by atoms with E-state index in [1.54, 1.807) is 4.68 Å². The van der Waals surface area contributed by atoms with Gasteiger partial charge in [-0.25, -0.2) is 0 Å². The van der Waals surface area contributed by atoms with Crippen molar-refractivity contribution in [2.24, 2.45) is 0 Å². The van der Waals surface area contributed by atoms with Gasteiger partial charge in [-0.15, -0.1) is 0 Å². The van der Waals surface area contributed by atoms with Crippen LogP contribution in [0.5, 0.6) is 5.88 Å². The van der Waals surface area contributed by atoms with Crippen LogP contribution in [0, 0.1) is 6.92 Å². The predicted octanol–water partition coefficient (Wildman–Crippen LogP) is 6.08. The van der Waals surface area contributed by atoms with E-state index in [0.29, 0.717) is 18.0 Å². The van der Waals surface area contributed by atoms with E-state index < -0.39 is 5.97 Å². The number of amides is 1. The Morgan fingerprint density at radius 2 is 1.69 bits per heavy atom. The molecule has 4 rings (SSSR count). The minimum atomic E-state index is -0.417. The van der Waals surface area contributed by atoms with Gasteiger partial charge in [0, 0.05) is 12.6 Å². The van der Waals surface area contributed by atoms with Crippen LogP contribution in [0.4, 0.5) is 5.69 Å². The summed E-state index contributed by atoms with van der Waals surface area (Å²) in [4.78, 5) is 24.5. The van der Waals surface area contributed by atoms with Gasteiger partial charge in [0.25, 0.3) is 0 Å². The van der Waals surface area contributed by atoms with E-state index in [2.05, 4.69) is 19.2 Å². The lowest BCUT2D eigenvalue weighted by atomic mass is 9.99. The Hall–Kier alpha value is -4.19. The molecule has 0 aliphatic rings. The van der Waals surface area contributed by atoms with E-state index >= 15 is 0 Å². The SMILES string of the molecule is CC(=O)Oc1c(-c2ccc(NC(=O)Cc3ccccc3)cc2)c(C(C)C)nn1-c1cccc(C)c1. The maximum Gasteiger partial charge on any atom is 0.309 e. The standard InChI is InChI=1S/C29H29N3O3/c1-19(2)28-27(29(35-21(4)33)32(31-28)25-12-8-9-20(3)17-25)23-13-15-24(16-14-23)30-26(34)18-22-10-6-5-7-11-22/h5-17,19H,18H2,1-4H3,(H,30,34). The number of nitrogens with zero attached hydrogens (tertiary/aromatic N) is 2. The monoisotopic (exact) mass is 467 g/mol. The normalized spacial score (nSPS) is 10.9. The molecule has 0 aliphatic carbocycles. The molecule has 1 amide bonds. The second-order valence-electron chi connectivity index (χ2n) is 8.85. The Labute approximate surface area is 205 Å². The molecule has 1 aromatic heterocycles. The second-order valence-corrected chi connectivity index (χ2v) is 8.85. The van der Waals surface area contributed by atoms with Crippen molar-refractivity contribution in [3.8, 4) is 22.7 Å². The van der Waals surface area contributed by atoms with E-state index in [9.17, 15) is 9.59 Å². The summed E-state index contributed by atoms with van der Waals surface area (Å²) in [5.74, 6) is -0.0249. The van der Waals surface area contributed by atoms with Crippen molar-refractivity contribution < 1.29 is 14.3 Å². The highest BCUT2D eigenvalue weighted by Crippen LogP contribution is 2.39. The lowest BCUT2D eigenvalue weighted by Crippen LogP contribution is -2.14. The molecule has 0 spiro atoms. The summed E-state index contributed by atoms with van der Waals surface area (Å²) in [5, 5.41) is 7.78. The Morgan fingerprint density at radius 1 is 0.971 bits per heavy atom. The van der Waals surface area contributed by atoms with E-state index in [4.69, 9.17) is 9.84 Å². The molecule has 1 heterocycles. The molecule has 178 valence electrons. The van der Waals surface area contributed by atoms with Crippen LogP contribution >= 0.6 is 0 Å². The highest BCUT2D eigenvalue weighted by Gasteiger charge is 2.25. The molecule has 0 atom stereocenters.